The third-order valence-electron chi connectivity index (χ3n) is 4.00. The topological polar surface area (TPSA) is 78.1 Å². The number of rotatable bonds is 2. The molecule has 0 saturated carbocycles. The first-order valence-electron chi connectivity index (χ1n) is 7.18. The van der Waals surface area contributed by atoms with Gasteiger partial charge in [-0.1, -0.05) is 12.1 Å². The van der Waals surface area contributed by atoms with Crippen LogP contribution in [0.4, 0.5) is 10.5 Å². The summed E-state index contributed by atoms with van der Waals surface area (Å²) in [7, 11) is 1.80. The summed E-state index contributed by atoms with van der Waals surface area (Å²) in [6.07, 6.45) is 0. The quantitative estimate of drug-likeness (QED) is 0.865. The lowest BCUT2D eigenvalue weighted by Gasteiger charge is -2.17. The Morgan fingerprint density at radius 3 is 2.48 bits per heavy atom. The minimum atomic E-state index is -0.911. The number of hydrogen-bond acceptors (Lipinski definition) is 3. The average Bonchev–Trinajstić information content (AvgIpc) is 2.96. The van der Waals surface area contributed by atoms with Crippen LogP contribution in [0.1, 0.15) is 19.5 Å². The molecule has 1 fully saturated rings. The minimum absolute atomic E-state index is 0.288. The van der Waals surface area contributed by atoms with Crippen LogP contribution in [-0.4, -0.2) is 22.0 Å². The van der Waals surface area contributed by atoms with Crippen LogP contribution in [0.15, 0.2) is 36.4 Å². The molecule has 3 rings (SSSR count). The number of nitrogens with one attached hydrogen (secondary N) is 1. The van der Waals surface area contributed by atoms with E-state index in [2.05, 4.69) is 11.4 Å². The Balaban J connectivity index is 2.04. The first kappa shape index (κ1) is 14.9. The summed E-state index contributed by atoms with van der Waals surface area (Å²) in [5, 5.41) is 11.7. The largest absolute Gasteiger partial charge is 0.335 e. The number of benzene rings is 1. The Kier molecular flexibility index (Phi) is 3.22. The van der Waals surface area contributed by atoms with Gasteiger partial charge in [-0.05, 0) is 38.1 Å². The van der Waals surface area contributed by atoms with Crippen molar-refractivity contribution in [3.05, 3.63) is 42.1 Å². The van der Waals surface area contributed by atoms with Gasteiger partial charge in [0.2, 0.25) is 0 Å². The molecule has 0 bridgehead atoms. The molecule has 0 spiro atoms. The van der Waals surface area contributed by atoms with Crippen molar-refractivity contribution in [1.82, 2.24) is 9.88 Å². The number of carbonyl (C=O) groups excluding carboxylic acids is 2. The maximum atomic E-state index is 12.4. The van der Waals surface area contributed by atoms with Crippen molar-refractivity contribution in [3.8, 4) is 17.3 Å². The second-order valence-electron chi connectivity index (χ2n) is 6.02. The second-order valence-corrected chi connectivity index (χ2v) is 6.02. The summed E-state index contributed by atoms with van der Waals surface area (Å²) in [5.41, 5.74) is 1.81. The number of imide groups is 1. The van der Waals surface area contributed by atoms with E-state index in [4.69, 9.17) is 5.26 Å². The van der Waals surface area contributed by atoms with Crippen molar-refractivity contribution in [1.29, 1.82) is 5.26 Å². The number of nitriles is 1. The van der Waals surface area contributed by atoms with Gasteiger partial charge in [-0.3, -0.25) is 4.79 Å². The van der Waals surface area contributed by atoms with Crippen LogP contribution >= 0.6 is 0 Å². The molecule has 3 amide bonds. The minimum Gasteiger partial charge on any atom is -0.335 e. The number of urea groups is 1. The number of amides is 3. The van der Waals surface area contributed by atoms with E-state index >= 15 is 0 Å². The normalized spacial score (nSPS) is 16.3. The van der Waals surface area contributed by atoms with E-state index < -0.39 is 11.6 Å². The molecule has 0 aliphatic carbocycles. The fraction of sp³-hybridized carbons (Fsp3) is 0.235. The molecule has 0 unspecified atom stereocenters. The van der Waals surface area contributed by atoms with E-state index in [1.54, 1.807) is 49.7 Å². The Morgan fingerprint density at radius 2 is 1.91 bits per heavy atom. The summed E-state index contributed by atoms with van der Waals surface area (Å²) in [6, 6.07) is 12.4. The number of anilines is 1. The number of nitrogens with zero attached hydrogens (tertiary/aromatic N) is 3. The van der Waals surface area contributed by atoms with E-state index in [0.29, 0.717) is 11.4 Å². The van der Waals surface area contributed by atoms with Crippen molar-refractivity contribution in [3.63, 3.8) is 0 Å². The summed E-state index contributed by atoms with van der Waals surface area (Å²) >= 11 is 0. The molecule has 0 atom stereocenters. The molecule has 116 valence electrons. The van der Waals surface area contributed by atoms with Gasteiger partial charge in [0, 0.05) is 18.3 Å². The monoisotopic (exact) mass is 308 g/mol. The summed E-state index contributed by atoms with van der Waals surface area (Å²) in [4.78, 5) is 25.7. The van der Waals surface area contributed by atoms with E-state index in [9.17, 15) is 9.59 Å². The van der Waals surface area contributed by atoms with Crippen LogP contribution in [0.5, 0.6) is 0 Å². The molecule has 1 aromatic heterocycles. The lowest BCUT2D eigenvalue weighted by Crippen LogP contribution is -2.40. The summed E-state index contributed by atoms with van der Waals surface area (Å²) in [5.74, 6) is -0.288. The van der Waals surface area contributed by atoms with Crippen LogP contribution in [0, 0.1) is 11.3 Å². The molecule has 1 saturated heterocycles. The molecular weight excluding hydrogens is 292 g/mol. The highest BCUT2D eigenvalue weighted by molar-refractivity contribution is 6.23. The van der Waals surface area contributed by atoms with Gasteiger partial charge in [0.05, 0.1) is 5.69 Å². The van der Waals surface area contributed by atoms with Gasteiger partial charge >= 0.3 is 6.03 Å². The fourth-order valence-corrected chi connectivity index (χ4v) is 2.70. The molecule has 1 aliphatic heterocycles. The highest BCUT2D eigenvalue weighted by atomic mass is 16.2. The third-order valence-corrected chi connectivity index (χ3v) is 4.00. The zero-order chi connectivity index (χ0) is 16.8. The maximum Gasteiger partial charge on any atom is 0.329 e. The van der Waals surface area contributed by atoms with E-state index in [0.717, 1.165) is 16.2 Å². The molecule has 1 N–H and O–H groups in total. The second kappa shape index (κ2) is 4.99. The lowest BCUT2D eigenvalue weighted by molar-refractivity contribution is -0.120. The van der Waals surface area contributed by atoms with Crippen LogP contribution in [0.3, 0.4) is 0 Å². The van der Waals surface area contributed by atoms with Crippen molar-refractivity contribution in [2.75, 3.05) is 4.90 Å². The highest BCUT2D eigenvalue weighted by Gasteiger charge is 2.45. The van der Waals surface area contributed by atoms with Gasteiger partial charge in [0.1, 0.15) is 17.3 Å². The van der Waals surface area contributed by atoms with Gasteiger partial charge in [-0.15, -0.1) is 0 Å². The predicted octanol–water partition coefficient (Wildman–Crippen LogP) is 2.40. The molecule has 23 heavy (non-hydrogen) atoms. The SMILES string of the molecule is Cn1c(C#N)ccc1-c1cccc(N2C(=O)NC(C)(C)C2=O)c1. The Labute approximate surface area is 133 Å². The van der Waals surface area contributed by atoms with Crippen molar-refractivity contribution >= 4 is 17.6 Å². The van der Waals surface area contributed by atoms with Gasteiger partial charge in [-0.2, -0.15) is 5.26 Å². The average molecular weight is 308 g/mol. The van der Waals surface area contributed by atoms with Crippen molar-refractivity contribution in [2.24, 2.45) is 7.05 Å². The molecule has 1 aliphatic rings. The summed E-state index contributed by atoms with van der Waals surface area (Å²) in [6.45, 7) is 3.35. The Bertz CT molecular complexity index is 858. The van der Waals surface area contributed by atoms with Gasteiger partial charge in [-0.25, -0.2) is 9.69 Å². The van der Waals surface area contributed by atoms with Gasteiger partial charge < -0.3 is 9.88 Å². The molecule has 6 nitrogen and oxygen atoms in total. The van der Waals surface area contributed by atoms with E-state index in [1.807, 2.05) is 12.1 Å². The molecule has 1 aromatic carbocycles. The van der Waals surface area contributed by atoms with Crippen LogP contribution in [0.25, 0.3) is 11.3 Å². The third kappa shape index (κ3) is 2.27. The number of hydrogen-bond donors (Lipinski definition) is 1. The highest BCUT2D eigenvalue weighted by Crippen LogP contribution is 2.29. The smallest absolute Gasteiger partial charge is 0.329 e. The fourth-order valence-electron chi connectivity index (χ4n) is 2.70. The van der Waals surface area contributed by atoms with Crippen LogP contribution < -0.4 is 10.2 Å². The first-order chi connectivity index (χ1) is 10.8. The standard InChI is InChI=1S/C17H16N4O2/c1-17(2)15(22)21(16(23)19-17)12-6-4-5-11(9-12)14-8-7-13(10-18)20(14)3/h4-9H,1-3H3,(H,19,23). The van der Waals surface area contributed by atoms with Crippen LogP contribution in [-0.2, 0) is 11.8 Å². The van der Waals surface area contributed by atoms with Gasteiger partial charge in [0.25, 0.3) is 5.91 Å². The Hall–Kier alpha value is -3.07. The van der Waals surface area contributed by atoms with E-state index in [1.165, 1.54) is 0 Å². The maximum absolute atomic E-state index is 12.4. The van der Waals surface area contributed by atoms with Gasteiger partial charge in [0.15, 0.2) is 0 Å². The number of carbonyl (C=O) groups is 2. The molecule has 2 aromatic rings. The predicted molar refractivity (Wildman–Crippen MR) is 85.7 cm³/mol. The van der Waals surface area contributed by atoms with E-state index in [-0.39, 0.29) is 5.91 Å². The molecular formula is C17H16N4O2. The van der Waals surface area contributed by atoms with Crippen molar-refractivity contribution in [2.45, 2.75) is 19.4 Å². The van der Waals surface area contributed by atoms with Crippen LogP contribution in [0.2, 0.25) is 0 Å². The van der Waals surface area contributed by atoms with Crippen molar-refractivity contribution < 1.29 is 9.59 Å². The summed E-state index contributed by atoms with van der Waals surface area (Å²) < 4.78 is 1.77. The molecule has 6 heteroatoms. The first-order valence-corrected chi connectivity index (χ1v) is 7.18. The molecule has 2 heterocycles. The lowest BCUT2D eigenvalue weighted by atomic mass is 10.1. The Morgan fingerprint density at radius 1 is 1.17 bits per heavy atom. The number of aromatic nitrogens is 1. The zero-order valence-corrected chi connectivity index (χ0v) is 13.1. The zero-order valence-electron chi connectivity index (χ0n) is 13.1. The molecule has 0 radical (unpaired) electrons.